The zero-order valence-electron chi connectivity index (χ0n) is 10.2. The van der Waals surface area contributed by atoms with Gasteiger partial charge in [0.05, 0.1) is 11.4 Å². The fourth-order valence-electron chi connectivity index (χ4n) is 2.13. The first-order valence-electron chi connectivity index (χ1n) is 5.94. The summed E-state index contributed by atoms with van der Waals surface area (Å²) in [6, 6.07) is 5.99. The fraction of sp³-hybridized carbons (Fsp3) is 0.462. The maximum Gasteiger partial charge on any atom is 0.224 e. The molecular formula is C13H17ClN2O. The number of amides is 1. The molecule has 1 aliphatic rings. The SMILES string of the molecule is CC(C)N1CCCC(=O)Nc2ccc(Cl)cc21. The van der Waals surface area contributed by atoms with Crippen LogP contribution in [-0.4, -0.2) is 18.5 Å². The summed E-state index contributed by atoms with van der Waals surface area (Å²) in [6.45, 7) is 5.18. The largest absolute Gasteiger partial charge is 0.367 e. The third kappa shape index (κ3) is 2.72. The average molecular weight is 253 g/mol. The van der Waals surface area contributed by atoms with E-state index in [1.54, 1.807) is 6.07 Å². The maximum absolute atomic E-state index is 11.6. The molecule has 0 aliphatic carbocycles. The van der Waals surface area contributed by atoms with E-state index in [1.807, 2.05) is 12.1 Å². The highest BCUT2D eigenvalue weighted by molar-refractivity contribution is 6.31. The van der Waals surface area contributed by atoms with Crippen molar-refractivity contribution in [3.05, 3.63) is 23.2 Å². The first kappa shape index (κ1) is 12.2. The molecule has 1 aromatic carbocycles. The third-order valence-electron chi connectivity index (χ3n) is 2.97. The number of carbonyl (C=O) groups excluding carboxylic acids is 1. The van der Waals surface area contributed by atoms with Gasteiger partial charge in [0.1, 0.15) is 0 Å². The molecule has 0 radical (unpaired) electrons. The van der Waals surface area contributed by atoms with Gasteiger partial charge in [-0.1, -0.05) is 11.6 Å². The van der Waals surface area contributed by atoms with Gasteiger partial charge in [-0.05, 0) is 38.5 Å². The Morgan fingerprint density at radius 1 is 1.41 bits per heavy atom. The Hall–Kier alpha value is -1.22. The average Bonchev–Trinajstić information content (AvgIpc) is 2.24. The van der Waals surface area contributed by atoms with Crippen molar-refractivity contribution in [1.29, 1.82) is 0 Å². The Balaban J connectivity index is 2.44. The van der Waals surface area contributed by atoms with Gasteiger partial charge in [-0.2, -0.15) is 0 Å². The van der Waals surface area contributed by atoms with Gasteiger partial charge in [0.15, 0.2) is 0 Å². The van der Waals surface area contributed by atoms with Crippen LogP contribution in [0.4, 0.5) is 11.4 Å². The summed E-state index contributed by atoms with van der Waals surface area (Å²) in [5.74, 6) is 0.0805. The highest BCUT2D eigenvalue weighted by Gasteiger charge is 2.19. The van der Waals surface area contributed by atoms with E-state index in [-0.39, 0.29) is 5.91 Å². The number of anilines is 2. The van der Waals surface area contributed by atoms with E-state index < -0.39 is 0 Å². The number of nitrogens with one attached hydrogen (secondary N) is 1. The molecule has 3 nitrogen and oxygen atoms in total. The van der Waals surface area contributed by atoms with Crippen molar-refractivity contribution in [2.45, 2.75) is 32.7 Å². The monoisotopic (exact) mass is 252 g/mol. The van der Waals surface area contributed by atoms with Crippen molar-refractivity contribution in [3.8, 4) is 0 Å². The van der Waals surface area contributed by atoms with Crippen molar-refractivity contribution < 1.29 is 4.79 Å². The van der Waals surface area contributed by atoms with Crippen LogP contribution in [0, 0.1) is 0 Å². The van der Waals surface area contributed by atoms with Crippen LogP contribution in [0.5, 0.6) is 0 Å². The van der Waals surface area contributed by atoms with Crippen molar-refractivity contribution in [3.63, 3.8) is 0 Å². The number of rotatable bonds is 1. The van der Waals surface area contributed by atoms with Crippen LogP contribution in [0.15, 0.2) is 18.2 Å². The van der Waals surface area contributed by atoms with E-state index in [4.69, 9.17) is 11.6 Å². The molecule has 0 saturated heterocycles. The molecule has 4 heteroatoms. The zero-order chi connectivity index (χ0) is 12.4. The van der Waals surface area contributed by atoms with E-state index in [2.05, 4.69) is 24.1 Å². The normalized spacial score (nSPS) is 16.2. The summed E-state index contributed by atoms with van der Waals surface area (Å²) in [4.78, 5) is 13.9. The molecule has 0 saturated carbocycles. The molecule has 92 valence electrons. The topological polar surface area (TPSA) is 32.3 Å². The molecule has 1 heterocycles. The van der Waals surface area contributed by atoms with Gasteiger partial charge >= 0.3 is 0 Å². The van der Waals surface area contributed by atoms with Crippen LogP contribution >= 0.6 is 11.6 Å². The maximum atomic E-state index is 11.6. The number of nitrogens with zero attached hydrogens (tertiary/aromatic N) is 1. The van der Waals surface area contributed by atoms with Gasteiger partial charge in [-0.25, -0.2) is 0 Å². The minimum Gasteiger partial charge on any atom is -0.367 e. The smallest absolute Gasteiger partial charge is 0.224 e. The molecule has 0 atom stereocenters. The van der Waals surface area contributed by atoms with Crippen LogP contribution in [-0.2, 0) is 4.79 Å². The van der Waals surface area contributed by atoms with E-state index in [0.717, 1.165) is 24.3 Å². The van der Waals surface area contributed by atoms with E-state index in [0.29, 0.717) is 17.5 Å². The predicted octanol–water partition coefficient (Wildman–Crippen LogP) is 3.29. The second-order valence-electron chi connectivity index (χ2n) is 4.60. The summed E-state index contributed by atoms with van der Waals surface area (Å²) in [5.41, 5.74) is 1.87. The van der Waals surface area contributed by atoms with E-state index in [9.17, 15) is 4.79 Å². The molecule has 0 unspecified atom stereocenters. The molecule has 0 aromatic heterocycles. The summed E-state index contributed by atoms with van der Waals surface area (Å²) in [7, 11) is 0. The number of halogens is 1. The Morgan fingerprint density at radius 2 is 2.18 bits per heavy atom. The zero-order valence-corrected chi connectivity index (χ0v) is 10.9. The number of hydrogen-bond donors (Lipinski definition) is 1. The molecule has 1 aromatic rings. The van der Waals surface area contributed by atoms with Crippen molar-refractivity contribution in [1.82, 2.24) is 0 Å². The molecule has 0 bridgehead atoms. The number of fused-ring (bicyclic) bond motifs is 1. The molecule has 0 fully saturated rings. The fourth-order valence-corrected chi connectivity index (χ4v) is 2.29. The second-order valence-corrected chi connectivity index (χ2v) is 5.04. The summed E-state index contributed by atoms with van der Waals surface area (Å²) < 4.78 is 0. The Bertz CT molecular complexity index is 431. The summed E-state index contributed by atoms with van der Waals surface area (Å²) in [5, 5.41) is 3.63. The van der Waals surface area contributed by atoms with Crippen LogP contribution < -0.4 is 10.2 Å². The van der Waals surface area contributed by atoms with Crippen LogP contribution in [0.2, 0.25) is 5.02 Å². The lowest BCUT2D eigenvalue weighted by Gasteiger charge is -2.32. The second kappa shape index (κ2) is 4.96. The number of hydrogen-bond acceptors (Lipinski definition) is 2. The molecule has 1 aliphatic heterocycles. The lowest BCUT2D eigenvalue weighted by Crippen LogP contribution is -2.34. The predicted molar refractivity (Wildman–Crippen MR) is 71.8 cm³/mol. The lowest BCUT2D eigenvalue weighted by molar-refractivity contribution is -0.116. The molecule has 0 spiro atoms. The van der Waals surface area contributed by atoms with E-state index in [1.165, 1.54) is 0 Å². The minimum atomic E-state index is 0.0805. The summed E-state index contributed by atoms with van der Waals surface area (Å²) in [6.07, 6.45) is 1.45. The first-order valence-corrected chi connectivity index (χ1v) is 6.32. The highest BCUT2D eigenvalue weighted by Crippen LogP contribution is 2.32. The van der Waals surface area contributed by atoms with Gasteiger partial charge < -0.3 is 10.2 Å². The van der Waals surface area contributed by atoms with Gasteiger partial charge in [-0.15, -0.1) is 0 Å². The quantitative estimate of drug-likeness (QED) is 0.832. The molecule has 1 N–H and O–H groups in total. The third-order valence-corrected chi connectivity index (χ3v) is 3.20. The van der Waals surface area contributed by atoms with Crippen LogP contribution in [0.3, 0.4) is 0 Å². The molecular weight excluding hydrogens is 236 g/mol. The van der Waals surface area contributed by atoms with Crippen LogP contribution in [0.25, 0.3) is 0 Å². The Morgan fingerprint density at radius 3 is 2.88 bits per heavy atom. The first-order chi connectivity index (χ1) is 8.08. The molecule has 2 rings (SSSR count). The van der Waals surface area contributed by atoms with Crippen molar-refractivity contribution >= 4 is 28.9 Å². The van der Waals surface area contributed by atoms with Crippen molar-refractivity contribution in [2.24, 2.45) is 0 Å². The van der Waals surface area contributed by atoms with Gasteiger partial charge in [0, 0.05) is 24.0 Å². The molecule has 17 heavy (non-hydrogen) atoms. The van der Waals surface area contributed by atoms with Crippen LogP contribution in [0.1, 0.15) is 26.7 Å². The molecule has 1 amide bonds. The van der Waals surface area contributed by atoms with Crippen molar-refractivity contribution in [2.75, 3.05) is 16.8 Å². The van der Waals surface area contributed by atoms with Gasteiger partial charge in [-0.3, -0.25) is 4.79 Å². The van der Waals surface area contributed by atoms with E-state index >= 15 is 0 Å². The van der Waals surface area contributed by atoms with Gasteiger partial charge in [0.2, 0.25) is 5.91 Å². The summed E-state index contributed by atoms with van der Waals surface area (Å²) >= 11 is 6.04. The Kier molecular flexibility index (Phi) is 3.57. The minimum absolute atomic E-state index is 0.0805. The van der Waals surface area contributed by atoms with Gasteiger partial charge in [0.25, 0.3) is 0 Å². The lowest BCUT2D eigenvalue weighted by atomic mass is 10.1. The Labute approximate surface area is 107 Å². The standard InChI is InChI=1S/C13H17ClN2O/c1-9(2)16-7-3-4-13(17)15-11-6-5-10(14)8-12(11)16/h5-6,8-9H,3-4,7H2,1-2H3,(H,15,17). The number of benzene rings is 1. The number of carbonyl (C=O) groups is 1. The highest BCUT2D eigenvalue weighted by atomic mass is 35.5.